The normalized spacial score (nSPS) is 14.7. The zero-order valence-electron chi connectivity index (χ0n) is 12.2. The van der Waals surface area contributed by atoms with Crippen molar-refractivity contribution in [2.75, 3.05) is 20.2 Å². The van der Waals surface area contributed by atoms with Gasteiger partial charge in [0.2, 0.25) is 6.41 Å². The fourth-order valence-electron chi connectivity index (χ4n) is 1.96. The molecule has 0 spiro atoms. The summed E-state index contributed by atoms with van der Waals surface area (Å²) >= 11 is 0. The van der Waals surface area contributed by atoms with Crippen molar-refractivity contribution in [1.29, 1.82) is 0 Å². The van der Waals surface area contributed by atoms with Crippen molar-refractivity contribution in [2.24, 2.45) is 5.92 Å². The molecule has 0 aromatic heterocycles. The van der Waals surface area contributed by atoms with Crippen LogP contribution in [0.1, 0.15) is 27.2 Å². The lowest BCUT2D eigenvalue weighted by atomic mass is 9.95. The van der Waals surface area contributed by atoms with Gasteiger partial charge in [0.15, 0.2) is 0 Å². The number of allylic oxidation sites excluding steroid dienone is 1. The van der Waals surface area contributed by atoms with Crippen LogP contribution in [0.5, 0.6) is 0 Å². The molecule has 2 unspecified atom stereocenters. The number of carbonyl (C=O) groups excluding carboxylic acids is 1. The SMILES string of the molecule is CC=CC(CC)C(CO)N(C(=O)N(C)CC)C(O)O. The first-order valence-electron chi connectivity index (χ1n) is 6.57. The second-order valence-electron chi connectivity index (χ2n) is 4.40. The Balaban J connectivity index is 5.26. The molecule has 19 heavy (non-hydrogen) atoms. The van der Waals surface area contributed by atoms with Crippen molar-refractivity contribution in [2.45, 2.75) is 39.6 Å². The van der Waals surface area contributed by atoms with Gasteiger partial charge in [0, 0.05) is 13.6 Å². The summed E-state index contributed by atoms with van der Waals surface area (Å²) < 4.78 is 0. The zero-order valence-corrected chi connectivity index (χ0v) is 12.2. The first kappa shape index (κ1) is 17.9. The van der Waals surface area contributed by atoms with Gasteiger partial charge >= 0.3 is 6.03 Å². The molecule has 0 aromatic rings. The highest BCUT2D eigenvalue weighted by atomic mass is 16.5. The van der Waals surface area contributed by atoms with Gasteiger partial charge in [-0.1, -0.05) is 19.1 Å². The van der Waals surface area contributed by atoms with Gasteiger partial charge in [-0.25, -0.2) is 4.79 Å². The Labute approximate surface area is 114 Å². The number of rotatable bonds is 7. The van der Waals surface area contributed by atoms with E-state index in [1.54, 1.807) is 14.0 Å². The highest BCUT2D eigenvalue weighted by molar-refractivity contribution is 5.74. The van der Waals surface area contributed by atoms with E-state index in [1.165, 1.54) is 4.90 Å². The minimum absolute atomic E-state index is 0.133. The van der Waals surface area contributed by atoms with Crippen molar-refractivity contribution < 1.29 is 20.1 Å². The van der Waals surface area contributed by atoms with Gasteiger partial charge in [-0.05, 0) is 26.2 Å². The summed E-state index contributed by atoms with van der Waals surface area (Å²) in [6.07, 6.45) is 2.43. The zero-order chi connectivity index (χ0) is 15.0. The molecule has 2 amide bonds. The molecule has 0 fully saturated rings. The van der Waals surface area contributed by atoms with Crippen molar-refractivity contribution in [3.8, 4) is 0 Å². The van der Waals surface area contributed by atoms with Crippen LogP contribution in [-0.2, 0) is 0 Å². The minimum atomic E-state index is -1.93. The van der Waals surface area contributed by atoms with E-state index in [-0.39, 0.29) is 12.5 Å². The Morgan fingerprint density at radius 2 is 1.89 bits per heavy atom. The average Bonchev–Trinajstić information content (AvgIpc) is 2.40. The molecule has 0 aromatic carbocycles. The lowest BCUT2D eigenvalue weighted by Crippen LogP contribution is -2.55. The molecule has 112 valence electrons. The quantitative estimate of drug-likeness (QED) is 0.468. The molecular formula is C13H26N2O4. The number of aliphatic hydroxyl groups is 3. The maximum atomic E-state index is 12.1. The summed E-state index contributed by atoms with van der Waals surface area (Å²) in [6.45, 7) is 5.67. The molecule has 0 aliphatic rings. The number of hydrogen-bond donors (Lipinski definition) is 3. The van der Waals surface area contributed by atoms with Crippen LogP contribution in [0, 0.1) is 5.92 Å². The van der Waals surface area contributed by atoms with E-state index in [4.69, 9.17) is 0 Å². The van der Waals surface area contributed by atoms with Crippen LogP contribution < -0.4 is 0 Å². The number of hydrogen-bond acceptors (Lipinski definition) is 4. The monoisotopic (exact) mass is 274 g/mol. The Kier molecular flexibility index (Phi) is 8.38. The average molecular weight is 274 g/mol. The van der Waals surface area contributed by atoms with Crippen LogP contribution in [0.15, 0.2) is 12.2 Å². The van der Waals surface area contributed by atoms with E-state index >= 15 is 0 Å². The van der Waals surface area contributed by atoms with E-state index in [1.807, 2.05) is 26.0 Å². The molecular weight excluding hydrogens is 248 g/mol. The second kappa shape index (κ2) is 8.90. The maximum absolute atomic E-state index is 12.1. The summed E-state index contributed by atoms with van der Waals surface area (Å²) in [4.78, 5) is 14.4. The van der Waals surface area contributed by atoms with Gasteiger partial charge in [-0.2, -0.15) is 0 Å². The molecule has 0 aliphatic carbocycles. The standard InChI is InChI=1S/C13H26N2O4/c1-5-8-10(6-2)11(9-16)15(13(18)19)12(17)14(4)7-3/h5,8,10-11,13,16,18-19H,6-7,9H2,1-4H3. The van der Waals surface area contributed by atoms with Gasteiger partial charge in [-0.15, -0.1) is 0 Å². The van der Waals surface area contributed by atoms with E-state index in [9.17, 15) is 20.1 Å². The molecule has 6 heteroatoms. The second-order valence-corrected chi connectivity index (χ2v) is 4.40. The smallest absolute Gasteiger partial charge is 0.324 e. The van der Waals surface area contributed by atoms with Crippen molar-refractivity contribution in [1.82, 2.24) is 9.80 Å². The van der Waals surface area contributed by atoms with Gasteiger partial charge in [-0.3, -0.25) is 4.90 Å². The van der Waals surface area contributed by atoms with Crippen LogP contribution in [0.25, 0.3) is 0 Å². The summed E-state index contributed by atoms with van der Waals surface area (Å²) in [5.74, 6) is -0.133. The first-order chi connectivity index (χ1) is 8.94. The van der Waals surface area contributed by atoms with E-state index in [2.05, 4.69) is 0 Å². The van der Waals surface area contributed by atoms with Crippen LogP contribution in [0.2, 0.25) is 0 Å². The molecule has 0 heterocycles. The molecule has 6 nitrogen and oxygen atoms in total. The van der Waals surface area contributed by atoms with E-state index in [0.29, 0.717) is 13.0 Å². The highest BCUT2D eigenvalue weighted by Crippen LogP contribution is 2.19. The maximum Gasteiger partial charge on any atom is 0.324 e. The summed E-state index contributed by atoms with van der Waals surface area (Å²) in [5.41, 5.74) is 0. The number of aliphatic hydroxyl groups excluding tert-OH is 2. The lowest BCUT2D eigenvalue weighted by Gasteiger charge is -2.37. The van der Waals surface area contributed by atoms with Crippen LogP contribution >= 0.6 is 0 Å². The lowest BCUT2D eigenvalue weighted by molar-refractivity contribution is -0.159. The fraction of sp³-hybridized carbons (Fsp3) is 0.769. The van der Waals surface area contributed by atoms with Gasteiger partial charge in [0.05, 0.1) is 12.6 Å². The van der Waals surface area contributed by atoms with Crippen LogP contribution in [0.3, 0.4) is 0 Å². The van der Waals surface area contributed by atoms with Gasteiger partial charge in [0.1, 0.15) is 0 Å². The topological polar surface area (TPSA) is 84.2 Å². The third-order valence-corrected chi connectivity index (χ3v) is 3.22. The van der Waals surface area contributed by atoms with Crippen molar-refractivity contribution in [3.05, 3.63) is 12.2 Å². The number of urea groups is 1. The third kappa shape index (κ3) is 4.81. The molecule has 3 N–H and O–H groups in total. The Hall–Kier alpha value is -1.11. The Morgan fingerprint density at radius 3 is 2.21 bits per heavy atom. The molecule has 0 radical (unpaired) electrons. The molecule has 0 saturated carbocycles. The molecule has 0 saturated heterocycles. The van der Waals surface area contributed by atoms with E-state index in [0.717, 1.165) is 4.90 Å². The molecule has 0 bridgehead atoms. The number of nitrogens with zero attached hydrogens (tertiary/aromatic N) is 2. The number of carbonyl (C=O) groups is 1. The molecule has 0 aliphatic heterocycles. The Morgan fingerprint density at radius 1 is 1.32 bits per heavy atom. The predicted octanol–water partition coefficient (Wildman–Crippen LogP) is 0.592. The largest absolute Gasteiger partial charge is 0.394 e. The van der Waals surface area contributed by atoms with E-state index < -0.39 is 18.5 Å². The van der Waals surface area contributed by atoms with Crippen LogP contribution in [-0.4, -0.2) is 63.8 Å². The van der Waals surface area contributed by atoms with Gasteiger partial charge in [0.25, 0.3) is 0 Å². The summed E-state index contributed by atoms with van der Waals surface area (Å²) in [6, 6.07) is -1.18. The Bertz CT molecular complexity index is 294. The first-order valence-corrected chi connectivity index (χ1v) is 6.57. The summed E-state index contributed by atoms with van der Waals surface area (Å²) in [5, 5.41) is 28.4. The fourth-order valence-corrected chi connectivity index (χ4v) is 1.96. The molecule has 2 atom stereocenters. The third-order valence-electron chi connectivity index (χ3n) is 3.22. The number of amides is 2. The van der Waals surface area contributed by atoms with Crippen LogP contribution in [0.4, 0.5) is 4.79 Å². The highest BCUT2D eigenvalue weighted by Gasteiger charge is 2.33. The minimum Gasteiger partial charge on any atom is -0.394 e. The van der Waals surface area contributed by atoms with Crippen molar-refractivity contribution >= 4 is 6.03 Å². The van der Waals surface area contributed by atoms with Gasteiger partial charge < -0.3 is 20.2 Å². The summed E-state index contributed by atoms with van der Waals surface area (Å²) in [7, 11) is 1.57. The molecule has 0 rings (SSSR count). The predicted molar refractivity (Wildman–Crippen MR) is 73.2 cm³/mol. The van der Waals surface area contributed by atoms with Crippen molar-refractivity contribution in [3.63, 3.8) is 0 Å².